The Balaban J connectivity index is 1.41. The van der Waals surface area contributed by atoms with Gasteiger partial charge in [-0.2, -0.15) is 4.99 Å². The minimum Gasteiger partial charge on any atom is -0.497 e. The van der Waals surface area contributed by atoms with Crippen LogP contribution in [-0.2, 0) is 13.1 Å². The lowest BCUT2D eigenvalue weighted by atomic mass is 9.98. The van der Waals surface area contributed by atoms with Gasteiger partial charge in [-0.1, -0.05) is 0 Å². The number of rotatable bonds is 5. The molecule has 0 spiro atoms. The Morgan fingerprint density at radius 1 is 1.00 bits per heavy atom. The highest BCUT2D eigenvalue weighted by atomic mass is 16.5. The number of methoxy groups -OCH3 is 1. The summed E-state index contributed by atoms with van der Waals surface area (Å²) in [6.45, 7) is 6.88. The SMILES string of the molecule is COc1ccc2c(N3CCOc4c(C)cc(-c5ccc6c(c5)N=C(C)[N+]6(C)C)cc4C3)nc(CN(C)C)nc2c1. The zero-order chi connectivity index (χ0) is 28.2. The number of hydrogen-bond donors (Lipinski definition) is 0. The van der Waals surface area contributed by atoms with Crippen LogP contribution in [0.5, 0.6) is 11.5 Å². The number of anilines is 1. The molecule has 1 aromatic heterocycles. The lowest BCUT2D eigenvalue weighted by Crippen LogP contribution is -2.42. The molecule has 2 aliphatic rings. The lowest BCUT2D eigenvalue weighted by molar-refractivity contribution is 0.329. The summed E-state index contributed by atoms with van der Waals surface area (Å²) in [6.07, 6.45) is 0. The lowest BCUT2D eigenvalue weighted by Gasteiger charge is -2.24. The maximum Gasteiger partial charge on any atom is 0.205 e. The van der Waals surface area contributed by atoms with E-state index >= 15 is 0 Å². The number of aliphatic imine (C=N–C) groups is 1. The molecule has 0 N–H and O–H groups in total. The first-order valence-electron chi connectivity index (χ1n) is 13.7. The average Bonchev–Trinajstić information content (AvgIpc) is 3.05. The summed E-state index contributed by atoms with van der Waals surface area (Å²) in [7, 11) is 10.1. The van der Waals surface area contributed by atoms with Crippen molar-refractivity contribution in [3.63, 3.8) is 0 Å². The van der Waals surface area contributed by atoms with Crippen LogP contribution in [0.3, 0.4) is 0 Å². The molecule has 8 nitrogen and oxygen atoms in total. The fourth-order valence-electron chi connectivity index (χ4n) is 5.66. The van der Waals surface area contributed by atoms with E-state index in [2.05, 4.69) is 74.1 Å². The Labute approximate surface area is 236 Å². The van der Waals surface area contributed by atoms with Crippen molar-refractivity contribution >= 4 is 33.9 Å². The number of amidine groups is 1. The summed E-state index contributed by atoms with van der Waals surface area (Å²) in [5.41, 5.74) is 7.76. The van der Waals surface area contributed by atoms with Gasteiger partial charge in [0, 0.05) is 36.6 Å². The average molecular weight is 538 g/mol. The van der Waals surface area contributed by atoms with E-state index in [0.29, 0.717) is 24.2 Å². The van der Waals surface area contributed by atoms with Crippen LogP contribution in [0.4, 0.5) is 17.2 Å². The van der Waals surface area contributed by atoms with Crippen LogP contribution in [0.25, 0.3) is 22.0 Å². The van der Waals surface area contributed by atoms with Crippen LogP contribution in [-0.4, -0.2) is 69.2 Å². The summed E-state index contributed by atoms with van der Waals surface area (Å²) < 4.78 is 12.5. The van der Waals surface area contributed by atoms with Crippen LogP contribution in [0, 0.1) is 6.92 Å². The number of aryl methyl sites for hydroxylation is 1. The van der Waals surface area contributed by atoms with Gasteiger partial charge in [-0.15, -0.1) is 0 Å². The molecule has 8 heteroatoms. The first kappa shape index (κ1) is 26.2. The zero-order valence-corrected chi connectivity index (χ0v) is 24.4. The molecule has 6 rings (SSSR count). The molecule has 40 heavy (non-hydrogen) atoms. The largest absolute Gasteiger partial charge is 0.497 e. The van der Waals surface area contributed by atoms with E-state index < -0.39 is 0 Å². The van der Waals surface area contributed by atoms with Crippen molar-refractivity contribution in [1.82, 2.24) is 19.4 Å². The molecule has 0 amide bonds. The van der Waals surface area contributed by atoms with Crippen molar-refractivity contribution in [2.45, 2.75) is 26.9 Å². The third kappa shape index (κ3) is 4.57. The fourth-order valence-corrected chi connectivity index (χ4v) is 5.66. The highest BCUT2D eigenvalue weighted by Gasteiger charge is 2.33. The van der Waals surface area contributed by atoms with Crippen LogP contribution in [0.1, 0.15) is 23.9 Å². The van der Waals surface area contributed by atoms with Crippen molar-refractivity contribution in [3.8, 4) is 22.6 Å². The number of nitrogens with zero attached hydrogens (tertiary/aromatic N) is 6. The van der Waals surface area contributed by atoms with E-state index in [0.717, 1.165) is 68.8 Å². The Morgan fingerprint density at radius 2 is 1.82 bits per heavy atom. The van der Waals surface area contributed by atoms with Crippen LogP contribution in [0.2, 0.25) is 0 Å². The van der Waals surface area contributed by atoms with Gasteiger partial charge in [0.25, 0.3) is 0 Å². The molecule has 0 aliphatic carbocycles. The summed E-state index contributed by atoms with van der Waals surface area (Å²) >= 11 is 0. The monoisotopic (exact) mass is 537 g/mol. The predicted molar refractivity (Wildman–Crippen MR) is 163 cm³/mol. The highest BCUT2D eigenvalue weighted by Crippen LogP contribution is 2.42. The van der Waals surface area contributed by atoms with Crippen LogP contribution >= 0.6 is 0 Å². The molecule has 0 unspecified atom stereocenters. The van der Waals surface area contributed by atoms with E-state index in [1.807, 2.05) is 26.2 Å². The summed E-state index contributed by atoms with van der Waals surface area (Å²) in [5, 5.41) is 1.01. The topological polar surface area (TPSA) is 63.1 Å². The van der Waals surface area contributed by atoms with E-state index in [1.165, 1.54) is 11.3 Å². The van der Waals surface area contributed by atoms with Gasteiger partial charge < -0.3 is 19.3 Å². The molecule has 0 atom stereocenters. The van der Waals surface area contributed by atoms with Gasteiger partial charge in [0.1, 0.15) is 35.4 Å². The minimum absolute atomic E-state index is 0.581. The van der Waals surface area contributed by atoms with Crippen LogP contribution in [0.15, 0.2) is 53.5 Å². The predicted octanol–water partition coefficient (Wildman–Crippen LogP) is 5.70. The van der Waals surface area contributed by atoms with Gasteiger partial charge in [0.05, 0.1) is 39.8 Å². The number of benzene rings is 3. The molecule has 0 fully saturated rings. The van der Waals surface area contributed by atoms with E-state index in [9.17, 15) is 0 Å². The standard InChI is InChI=1S/C32H37N6O2/c1-20-14-23(22-8-11-29-28(16-22)33-21(2)38(29,5)6)15-24-18-37(12-13-40-31(20)24)32-26-10-9-25(39-7)17-27(26)34-30(35-32)19-36(3)4/h8-11,14-17H,12-13,18-19H2,1-7H3/q+1. The van der Waals surface area contributed by atoms with Crippen molar-refractivity contribution in [1.29, 1.82) is 0 Å². The maximum atomic E-state index is 6.34. The third-order valence-corrected chi connectivity index (χ3v) is 8.01. The molecular formula is C32H37N6O2+. The second-order valence-corrected chi connectivity index (χ2v) is 11.5. The van der Waals surface area contributed by atoms with Crippen LogP contribution < -0.4 is 18.9 Å². The maximum absolute atomic E-state index is 6.34. The summed E-state index contributed by atoms with van der Waals surface area (Å²) in [5.74, 6) is 4.55. The first-order valence-corrected chi connectivity index (χ1v) is 13.7. The van der Waals surface area contributed by atoms with Gasteiger partial charge in [-0.05, 0) is 74.1 Å². The third-order valence-electron chi connectivity index (χ3n) is 8.01. The molecule has 4 aromatic rings. The molecular weight excluding hydrogens is 500 g/mol. The number of ether oxygens (including phenoxy) is 2. The van der Waals surface area contributed by atoms with Crippen molar-refractivity contribution in [2.24, 2.45) is 4.99 Å². The first-order chi connectivity index (χ1) is 19.1. The zero-order valence-electron chi connectivity index (χ0n) is 24.4. The molecule has 0 bridgehead atoms. The summed E-state index contributed by atoms with van der Waals surface area (Å²) in [4.78, 5) is 19.2. The van der Waals surface area contributed by atoms with Gasteiger partial charge in [-0.25, -0.2) is 14.5 Å². The van der Waals surface area contributed by atoms with Crippen molar-refractivity contribution in [3.05, 3.63) is 65.5 Å². The number of hydrogen-bond acceptors (Lipinski definition) is 7. The van der Waals surface area contributed by atoms with Crippen molar-refractivity contribution < 1.29 is 9.47 Å². The minimum atomic E-state index is 0.581. The smallest absolute Gasteiger partial charge is 0.205 e. The quantitative estimate of drug-likeness (QED) is 0.304. The van der Waals surface area contributed by atoms with Gasteiger partial charge in [-0.3, -0.25) is 0 Å². The number of aromatic nitrogens is 2. The molecule has 2 aliphatic heterocycles. The Morgan fingerprint density at radius 3 is 2.60 bits per heavy atom. The molecule has 3 heterocycles. The Kier molecular flexibility index (Phi) is 6.47. The molecule has 3 aromatic carbocycles. The Bertz CT molecular complexity index is 1660. The molecule has 0 saturated heterocycles. The normalized spacial score (nSPS) is 15.9. The molecule has 206 valence electrons. The second kappa shape index (κ2) is 9.87. The van der Waals surface area contributed by atoms with Gasteiger partial charge >= 0.3 is 0 Å². The highest BCUT2D eigenvalue weighted by molar-refractivity contribution is 6.01. The fraction of sp³-hybridized carbons (Fsp3) is 0.344. The number of fused-ring (bicyclic) bond motifs is 3. The number of quaternary nitrogens is 1. The second-order valence-electron chi connectivity index (χ2n) is 11.5. The van der Waals surface area contributed by atoms with E-state index in [4.69, 9.17) is 24.4 Å². The van der Waals surface area contributed by atoms with E-state index in [-0.39, 0.29) is 0 Å². The molecule has 0 saturated carbocycles. The van der Waals surface area contributed by atoms with Crippen molar-refractivity contribution in [2.75, 3.05) is 53.4 Å². The van der Waals surface area contributed by atoms with E-state index in [1.54, 1.807) is 7.11 Å². The van der Waals surface area contributed by atoms with Gasteiger partial charge in [0.15, 0.2) is 5.69 Å². The van der Waals surface area contributed by atoms with Gasteiger partial charge in [0.2, 0.25) is 5.84 Å². The molecule has 0 radical (unpaired) electrons. The Hall–Kier alpha value is -4.01. The summed E-state index contributed by atoms with van der Waals surface area (Å²) in [6, 6.07) is 17.1.